The van der Waals surface area contributed by atoms with Crippen molar-refractivity contribution in [3.8, 4) is 0 Å². The molecule has 1 amide bonds. The Bertz CT molecular complexity index is 911. The van der Waals surface area contributed by atoms with Crippen molar-refractivity contribution in [2.24, 2.45) is 0 Å². The number of aromatic nitrogens is 2. The van der Waals surface area contributed by atoms with Gasteiger partial charge in [-0.3, -0.25) is 4.79 Å². The molecule has 0 saturated carbocycles. The quantitative estimate of drug-likeness (QED) is 0.784. The molecule has 0 saturated heterocycles. The van der Waals surface area contributed by atoms with E-state index in [1.165, 1.54) is 11.9 Å². The summed E-state index contributed by atoms with van der Waals surface area (Å²) in [5, 5.41) is 3.26. The first kappa shape index (κ1) is 16.3. The molecule has 5 nitrogen and oxygen atoms in total. The van der Waals surface area contributed by atoms with E-state index in [2.05, 4.69) is 21.4 Å². The van der Waals surface area contributed by atoms with Gasteiger partial charge in [0.2, 0.25) is 0 Å². The molecule has 2 aromatic carbocycles. The van der Waals surface area contributed by atoms with Crippen LogP contribution in [0.5, 0.6) is 0 Å². The average Bonchev–Trinajstić information content (AvgIpc) is 2.72. The molecule has 5 heteroatoms. The highest BCUT2D eigenvalue weighted by atomic mass is 16.2. The number of benzene rings is 2. The first-order valence-corrected chi connectivity index (χ1v) is 8.81. The highest BCUT2D eigenvalue weighted by Gasteiger charge is 2.24. The van der Waals surface area contributed by atoms with Crippen molar-refractivity contribution in [2.45, 2.75) is 19.4 Å². The average molecular weight is 344 g/mol. The molecule has 2 heterocycles. The molecule has 1 aromatic heterocycles. The van der Waals surface area contributed by atoms with E-state index in [1.54, 1.807) is 6.07 Å². The Morgan fingerprint density at radius 2 is 1.85 bits per heavy atom. The van der Waals surface area contributed by atoms with Crippen molar-refractivity contribution in [3.05, 3.63) is 83.8 Å². The first-order chi connectivity index (χ1) is 12.8. The number of nitrogens with one attached hydrogen (secondary N) is 1. The van der Waals surface area contributed by atoms with E-state index < -0.39 is 0 Å². The van der Waals surface area contributed by atoms with E-state index in [9.17, 15) is 4.79 Å². The van der Waals surface area contributed by atoms with Gasteiger partial charge >= 0.3 is 0 Å². The number of nitrogens with zero attached hydrogens (tertiary/aromatic N) is 3. The number of anilines is 2. The Kier molecular flexibility index (Phi) is 4.60. The fourth-order valence-corrected chi connectivity index (χ4v) is 3.24. The highest BCUT2D eigenvalue weighted by Crippen LogP contribution is 2.27. The fraction of sp³-hybridized carbons (Fsp3) is 0.190. The predicted octanol–water partition coefficient (Wildman–Crippen LogP) is 3.68. The first-order valence-electron chi connectivity index (χ1n) is 8.81. The van der Waals surface area contributed by atoms with E-state index >= 15 is 0 Å². The number of para-hydroxylation sites is 1. The van der Waals surface area contributed by atoms with Gasteiger partial charge in [-0.05, 0) is 30.0 Å². The van der Waals surface area contributed by atoms with Crippen molar-refractivity contribution in [1.82, 2.24) is 9.97 Å². The third-order valence-electron chi connectivity index (χ3n) is 4.56. The van der Waals surface area contributed by atoms with Crippen molar-refractivity contribution < 1.29 is 4.79 Å². The third kappa shape index (κ3) is 3.42. The summed E-state index contributed by atoms with van der Waals surface area (Å²) in [6.45, 7) is 1.37. The highest BCUT2D eigenvalue weighted by molar-refractivity contribution is 6.05. The Labute approximate surface area is 152 Å². The van der Waals surface area contributed by atoms with Crippen LogP contribution in [-0.2, 0) is 13.0 Å². The second kappa shape index (κ2) is 7.35. The van der Waals surface area contributed by atoms with Crippen LogP contribution in [0.1, 0.15) is 28.0 Å². The van der Waals surface area contributed by atoms with E-state index in [0.29, 0.717) is 24.6 Å². The fourth-order valence-electron chi connectivity index (χ4n) is 3.24. The molecule has 0 fully saturated rings. The minimum atomic E-state index is -0.0812. The maximum Gasteiger partial charge on any atom is 0.277 e. The van der Waals surface area contributed by atoms with Gasteiger partial charge in [-0.2, -0.15) is 0 Å². The Morgan fingerprint density at radius 1 is 1.04 bits per heavy atom. The normalized spacial score (nSPS) is 13.2. The molecule has 0 atom stereocenters. The lowest BCUT2D eigenvalue weighted by atomic mass is 10.0. The summed E-state index contributed by atoms with van der Waals surface area (Å²) >= 11 is 0. The predicted molar refractivity (Wildman–Crippen MR) is 102 cm³/mol. The van der Waals surface area contributed by atoms with Crippen LogP contribution in [0.15, 0.2) is 67.0 Å². The zero-order valence-corrected chi connectivity index (χ0v) is 14.4. The monoisotopic (exact) mass is 344 g/mol. The summed E-state index contributed by atoms with van der Waals surface area (Å²) in [6.07, 6.45) is 3.41. The number of carbonyl (C=O) groups excluding carboxylic acids is 1. The van der Waals surface area contributed by atoms with E-state index in [4.69, 9.17) is 0 Å². The molecule has 0 unspecified atom stereocenters. The van der Waals surface area contributed by atoms with Crippen LogP contribution in [0.2, 0.25) is 0 Å². The van der Waals surface area contributed by atoms with Gasteiger partial charge in [0.25, 0.3) is 5.91 Å². The summed E-state index contributed by atoms with van der Waals surface area (Å²) in [6, 6.07) is 19.9. The number of fused-ring (bicyclic) bond motifs is 1. The van der Waals surface area contributed by atoms with E-state index in [1.807, 2.05) is 53.4 Å². The molecule has 0 spiro atoms. The zero-order chi connectivity index (χ0) is 17.8. The lowest BCUT2D eigenvalue weighted by Crippen LogP contribution is -2.36. The summed E-state index contributed by atoms with van der Waals surface area (Å²) in [7, 11) is 0. The van der Waals surface area contributed by atoms with Gasteiger partial charge in [0.1, 0.15) is 17.8 Å². The van der Waals surface area contributed by atoms with Crippen LogP contribution in [0.25, 0.3) is 0 Å². The summed E-state index contributed by atoms with van der Waals surface area (Å²) in [5.41, 5.74) is 3.76. The Balaban J connectivity index is 1.52. The van der Waals surface area contributed by atoms with Crippen LogP contribution in [0.4, 0.5) is 11.5 Å². The molecular formula is C21H20N4O. The maximum absolute atomic E-state index is 13.0. The van der Waals surface area contributed by atoms with Gasteiger partial charge in [0.15, 0.2) is 0 Å². The summed E-state index contributed by atoms with van der Waals surface area (Å²) < 4.78 is 0. The minimum absolute atomic E-state index is 0.0812. The number of hydrogen-bond donors (Lipinski definition) is 1. The number of carbonyl (C=O) groups is 1. The topological polar surface area (TPSA) is 58.1 Å². The number of rotatable bonds is 4. The molecule has 1 aliphatic heterocycles. The van der Waals surface area contributed by atoms with Crippen LogP contribution in [0, 0.1) is 0 Å². The third-order valence-corrected chi connectivity index (χ3v) is 4.56. The van der Waals surface area contributed by atoms with Gasteiger partial charge in [0.05, 0.1) is 0 Å². The van der Waals surface area contributed by atoms with Gasteiger partial charge < -0.3 is 10.2 Å². The molecule has 3 aromatic rings. The molecule has 1 aliphatic rings. The molecular weight excluding hydrogens is 324 g/mol. The Morgan fingerprint density at radius 3 is 2.73 bits per heavy atom. The van der Waals surface area contributed by atoms with Crippen LogP contribution in [-0.4, -0.2) is 22.4 Å². The second-order valence-corrected chi connectivity index (χ2v) is 6.32. The molecule has 1 N–H and O–H groups in total. The maximum atomic E-state index is 13.0. The van der Waals surface area contributed by atoms with Gasteiger partial charge in [-0.15, -0.1) is 0 Å². The van der Waals surface area contributed by atoms with Crippen LogP contribution in [0.3, 0.4) is 0 Å². The molecule has 130 valence electrons. The number of amides is 1. The molecule has 4 rings (SSSR count). The molecule has 26 heavy (non-hydrogen) atoms. The molecule has 0 aliphatic carbocycles. The lowest BCUT2D eigenvalue weighted by molar-refractivity contribution is 0.0980. The van der Waals surface area contributed by atoms with Crippen molar-refractivity contribution >= 4 is 17.4 Å². The smallest absolute Gasteiger partial charge is 0.277 e. The van der Waals surface area contributed by atoms with Crippen molar-refractivity contribution in [2.75, 3.05) is 16.8 Å². The van der Waals surface area contributed by atoms with Crippen molar-refractivity contribution in [1.29, 1.82) is 0 Å². The largest absolute Gasteiger partial charge is 0.366 e. The van der Waals surface area contributed by atoms with E-state index in [-0.39, 0.29) is 5.91 Å². The summed E-state index contributed by atoms with van der Waals surface area (Å²) in [4.78, 5) is 23.3. The van der Waals surface area contributed by atoms with Crippen LogP contribution >= 0.6 is 0 Å². The van der Waals surface area contributed by atoms with Gasteiger partial charge in [0, 0.05) is 24.8 Å². The second-order valence-electron chi connectivity index (χ2n) is 6.32. The Hall–Kier alpha value is -3.21. The van der Waals surface area contributed by atoms with Gasteiger partial charge in [-0.25, -0.2) is 9.97 Å². The lowest BCUT2D eigenvalue weighted by Gasteiger charge is -2.29. The van der Waals surface area contributed by atoms with E-state index in [0.717, 1.165) is 24.1 Å². The zero-order valence-electron chi connectivity index (χ0n) is 14.4. The minimum Gasteiger partial charge on any atom is -0.366 e. The summed E-state index contributed by atoms with van der Waals surface area (Å²) in [5.74, 6) is 0.569. The van der Waals surface area contributed by atoms with Gasteiger partial charge in [-0.1, -0.05) is 48.5 Å². The standard InChI is InChI=1S/C21H20N4O/c26-21(25-12-6-10-17-9-4-5-11-19(17)25)18-13-20(24-15-23-18)22-14-16-7-2-1-3-8-16/h1-5,7-9,11,13,15H,6,10,12,14H2,(H,22,23,24). The van der Waals surface area contributed by atoms with Crippen molar-refractivity contribution in [3.63, 3.8) is 0 Å². The SMILES string of the molecule is O=C(c1cc(NCc2ccccc2)ncn1)N1CCCc2ccccc21. The molecule has 0 bridgehead atoms. The molecule has 0 radical (unpaired) electrons. The number of hydrogen-bond acceptors (Lipinski definition) is 4. The number of aryl methyl sites for hydroxylation is 1. The van der Waals surface area contributed by atoms with Crippen LogP contribution < -0.4 is 10.2 Å².